The number of likely N-dealkylation sites (N-methyl/N-ethyl adjacent to an activating group) is 1. The molecule has 0 unspecified atom stereocenters. The van der Waals surface area contributed by atoms with Crippen LogP contribution < -0.4 is 4.74 Å². The zero-order chi connectivity index (χ0) is 24.0. The van der Waals surface area contributed by atoms with Gasteiger partial charge >= 0.3 is 0 Å². The number of amides is 1. The average Bonchev–Trinajstić information content (AvgIpc) is 3.08. The van der Waals surface area contributed by atoms with Crippen molar-refractivity contribution in [2.24, 2.45) is 0 Å². The molecule has 1 aliphatic heterocycles. The molecule has 0 aromatic heterocycles. The van der Waals surface area contributed by atoms with Crippen LogP contribution in [0.4, 0.5) is 0 Å². The van der Waals surface area contributed by atoms with Crippen LogP contribution >= 0.6 is 11.6 Å². The Hall–Kier alpha value is -2.83. The van der Waals surface area contributed by atoms with Crippen molar-refractivity contribution >= 4 is 29.1 Å². The Balaban J connectivity index is 2.04. The van der Waals surface area contributed by atoms with E-state index in [1.807, 2.05) is 31.2 Å². The molecule has 0 saturated carbocycles. The van der Waals surface area contributed by atoms with Gasteiger partial charge in [0.15, 0.2) is 0 Å². The number of hydrogen-bond donors (Lipinski definition) is 1. The molecule has 1 atom stereocenters. The summed E-state index contributed by atoms with van der Waals surface area (Å²) in [7, 11) is 0. The number of carbonyl (C=O) groups is 2. The topological polar surface area (TPSA) is 70.1 Å². The number of rotatable bonds is 10. The molecule has 33 heavy (non-hydrogen) atoms. The number of ether oxygens (including phenoxy) is 1. The lowest BCUT2D eigenvalue weighted by molar-refractivity contribution is -0.140. The van der Waals surface area contributed by atoms with Crippen LogP contribution in [0, 0.1) is 0 Å². The van der Waals surface area contributed by atoms with Crippen molar-refractivity contribution in [3.8, 4) is 5.75 Å². The van der Waals surface area contributed by atoms with Gasteiger partial charge in [0.05, 0.1) is 18.2 Å². The second-order valence-corrected chi connectivity index (χ2v) is 8.38. The van der Waals surface area contributed by atoms with Crippen LogP contribution in [0.5, 0.6) is 5.75 Å². The summed E-state index contributed by atoms with van der Waals surface area (Å²) in [5.41, 5.74) is 1.27. The second kappa shape index (κ2) is 11.3. The Bertz CT molecular complexity index is 998. The molecule has 2 aromatic rings. The molecule has 1 heterocycles. The van der Waals surface area contributed by atoms with Crippen molar-refractivity contribution in [2.45, 2.75) is 33.2 Å². The SMILES string of the molecule is CCCOc1ccc([C@@H]2C(=C(O)c3ccc(Cl)cc3)C(=O)C(=O)N2CCN(CC)CC)cc1. The summed E-state index contributed by atoms with van der Waals surface area (Å²) >= 11 is 5.98. The summed E-state index contributed by atoms with van der Waals surface area (Å²) in [6, 6.07) is 13.2. The number of likely N-dealkylation sites (tertiary alicyclic amines) is 1. The van der Waals surface area contributed by atoms with Gasteiger partial charge in [-0.05, 0) is 61.5 Å². The molecule has 1 fully saturated rings. The predicted molar refractivity (Wildman–Crippen MR) is 130 cm³/mol. The number of aliphatic hydroxyl groups excluding tert-OH is 1. The van der Waals surface area contributed by atoms with Crippen LogP contribution in [0.15, 0.2) is 54.1 Å². The molecule has 0 bridgehead atoms. The Morgan fingerprint density at radius 2 is 1.67 bits per heavy atom. The van der Waals surface area contributed by atoms with Crippen LogP contribution in [0.25, 0.3) is 5.76 Å². The Morgan fingerprint density at radius 1 is 1.03 bits per heavy atom. The first-order valence-electron chi connectivity index (χ1n) is 11.4. The van der Waals surface area contributed by atoms with Gasteiger partial charge in [-0.3, -0.25) is 9.59 Å². The van der Waals surface area contributed by atoms with Crippen molar-refractivity contribution in [3.63, 3.8) is 0 Å². The largest absolute Gasteiger partial charge is 0.507 e. The summed E-state index contributed by atoms with van der Waals surface area (Å²) in [5, 5.41) is 11.6. The third-order valence-electron chi connectivity index (χ3n) is 5.88. The van der Waals surface area contributed by atoms with Gasteiger partial charge in [-0.15, -0.1) is 0 Å². The standard InChI is InChI=1S/C26H31ClN2O4/c1-4-17-33-21-13-9-18(10-14-21)23-22(24(30)19-7-11-20(27)12-8-19)25(31)26(32)29(23)16-15-28(5-2)6-3/h7-14,23,30H,4-6,15-17H2,1-3H3/t23-/m1/s1. The molecule has 1 amide bonds. The van der Waals surface area contributed by atoms with Gasteiger partial charge in [0.1, 0.15) is 11.5 Å². The van der Waals surface area contributed by atoms with E-state index in [9.17, 15) is 14.7 Å². The van der Waals surface area contributed by atoms with Gasteiger partial charge in [0.25, 0.3) is 11.7 Å². The fourth-order valence-electron chi connectivity index (χ4n) is 3.98. The smallest absolute Gasteiger partial charge is 0.295 e. The average molecular weight is 471 g/mol. The Labute approximate surface area is 200 Å². The van der Waals surface area contributed by atoms with Crippen molar-refractivity contribution in [3.05, 3.63) is 70.3 Å². The van der Waals surface area contributed by atoms with E-state index >= 15 is 0 Å². The van der Waals surface area contributed by atoms with Crippen LogP contribution in [0.3, 0.4) is 0 Å². The second-order valence-electron chi connectivity index (χ2n) is 7.94. The number of ketones is 1. The van der Waals surface area contributed by atoms with Gasteiger partial charge in [-0.2, -0.15) is 0 Å². The van der Waals surface area contributed by atoms with Gasteiger partial charge in [-0.25, -0.2) is 0 Å². The van der Waals surface area contributed by atoms with Gasteiger partial charge in [-0.1, -0.05) is 44.5 Å². The fraction of sp³-hybridized carbons (Fsp3) is 0.385. The molecule has 0 radical (unpaired) electrons. The first-order valence-corrected chi connectivity index (χ1v) is 11.8. The minimum absolute atomic E-state index is 0.0871. The predicted octanol–water partition coefficient (Wildman–Crippen LogP) is 4.89. The molecular weight excluding hydrogens is 440 g/mol. The van der Waals surface area contributed by atoms with Gasteiger partial charge in [0, 0.05) is 23.7 Å². The molecule has 0 aliphatic carbocycles. The quantitative estimate of drug-likeness (QED) is 0.304. The van der Waals surface area contributed by atoms with Crippen molar-refractivity contribution in [1.82, 2.24) is 9.80 Å². The Kier molecular flexibility index (Phi) is 8.53. The maximum atomic E-state index is 13.1. The summed E-state index contributed by atoms with van der Waals surface area (Å²) in [5.74, 6) is -0.766. The number of nitrogens with zero attached hydrogens (tertiary/aromatic N) is 2. The third-order valence-corrected chi connectivity index (χ3v) is 6.13. The molecule has 0 spiro atoms. The lowest BCUT2D eigenvalue weighted by Gasteiger charge is -2.28. The minimum Gasteiger partial charge on any atom is -0.507 e. The van der Waals surface area contributed by atoms with E-state index in [0.29, 0.717) is 30.3 Å². The number of aliphatic hydroxyl groups is 1. The summed E-state index contributed by atoms with van der Waals surface area (Å²) < 4.78 is 5.68. The molecule has 2 aromatic carbocycles. The minimum atomic E-state index is -0.684. The molecule has 7 heteroatoms. The molecule has 3 rings (SSSR count). The third kappa shape index (κ3) is 5.57. The first-order chi connectivity index (χ1) is 15.9. The fourth-order valence-corrected chi connectivity index (χ4v) is 4.10. The molecule has 6 nitrogen and oxygen atoms in total. The zero-order valence-corrected chi connectivity index (χ0v) is 20.1. The summed E-state index contributed by atoms with van der Waals surface area (Å²) in [6.45, 7) is 9.47. The Morgan fingerprint density at radius 3 is 2.24 bits per heavy atom. The van der Waals surface area contributed by atoms with Crippen LogP contribution in [-0.4, -0.2) is 59.4 Å². The van der Waals surface area contributed by atoms with E-state index in [1.54, 1.807) is 29.2 Å². The maximum absolute atomic E-state index is 13.1. The number of Topliss-reactive ketones (excluding diaryl/α,β-unsaturated/α-hetero) is 1. The molecule has 176 valence electrons. The van der Waals surface area contributed by atoms with Gasteiger partial charge < -0.3 is 19.6 Å². The van der Waals surface area contributed by atoms with Crippen molar-refractivity contribution in [2.75, 3.05) is 32.8 Å². The number of benzene rings is 2. The molecule has 1 aliphatic rings. The van der Waals surface area contributed by atoms with E-state index < -0.39 is 17.7 Å². The summed E-state index contributed by atoms with van der Waals surface area (Å²) in [4.78, 5) is 29.9. The summed E-state index contributed by atoms with van der Waals surface area (Å²) in [6.07, 6.45) is 0.897. The van der Waals surface area contributed by atoms with E-state index in [2.05, 4.69) is 18.7 Å². The highest BCUT2D eigenvalue weighted by molar-refractivity contribution is 6.46. The highest BCUT2D eigenvalue weighted by Crippen LogP contribution is 2.39. The van der Waals surface area contributed by atoms with Crippen LogP contribution in [0.2, 0.25) is 5.02 Å². The van der Waals surface area contributed by atoms with E-state index in [1.165, 1.54) is 0 Å². The normalized spacial score (nSPS) is 17.7. The van der Waals surface area contributed by atoms with E-state index in [4.69, 9.17) is 16.3 Å². The van der Waals surface area contributed by atoms with E-state index in [-0.39, 0.29) is 11.3 Å². The lowest BCUT2D eigenvalue weighted by atomic mass is 9.95. The van der Waals surface area contributed by atoms with Crippen LogP contribution in [-0.2, 0) is 9.59 Å². The van der Waals surface area contributed by atoms with Crippen LogP contribution in [0.1, 0.15) is 44.4 Å². The first kappa shape index (κ1) is 24.8. The zero-order valence-electron chi connectivity index (χ0n) is 19.4. The highest BCUT2D eigenvalue weighted by atomic mass is 35.5. The lowest BCUT2D eigenvalue weighted by Crippen LogP contribution is -2.38. The van der Waals surface area contributed by atoms with Crippen molar-refractivity contribution < 1.29 is 19.4 Å². The van der Waals surface area contributed by atoms with Gasteiger partial charge in [0.2, 0.25) is 0 Å². The number of hydrogen-bond acceptors (Lipinski definition) is 5. The van der Waals surface area contributed by atoms with E-state index in [0.717, 1.165) is 30.8 Å². The monoisotopic (exact) mass is 470 g/mol. The molecular formula is C26H31ClN2O4. The van der Waals surface area contributed by atoms with Crippen molar-refractivity contribution in [1.29, 1.82) is 0 Å². The molecule has 1 N–H and O–H groups in total. The number of carbonyl (C=O) groups excluding carboxylic acids is 2. The highest BCUT2D eigenvalue weighted by Gasteiger charge is 2.45. The maximum Gasteiger partial charge on any atom is 0.295 e. The number of halogens is 1. The molecule has 1 saturated heterocycles.